The van der Waals surface area contributed by atoms with Gasteiger partial charge in [0, 0.05) is 16.7 Å². The topological polar surface area (TPSA) is 90.2 Å². The lowest BCUT2D eigenvalue weighted by molar-refractivity contribution is -0.388. The highest BCUT2D eigenvalue weighted by molar-refractivity contribution is 9.10. The Morgan fingerprint density at radius 3 is 2.41 bits per heavy atom. The molecule has 0 aromatic carbocycles. The Hall–Kier alpha value is -0.870. The van der Waals surface area contributed by atoms with Crippen molar-refractivity contribution < 1.29 is 22.1 Å². The summed E-state index contributed by atoms with van der Waals surface area (Å²) in [5.74, 6) is 0. The van der Waals surface area contributed by atoms with Gasteiger partial charge in [-0.05, 0) is 15.9 Å². The average molecular weight is 352 g/mol. The van der Waals surface area contributed by atoms with Crippen LogP contribution in [0.4, 0.5) is 14.5 Å². The summed E-state index contributed by atoms with van der Waals surface area (Å²) in [5, 5.41) is 9.45. The van der Waals surface area contributed by atoms with Gasteiger partial charge in [-0.15, -0.1) is 0 Å². The van der Waals surface area contributed by atoms with Gasteiger partial charge in [0.25, 0.3) is 15.5 Å². The lowest BCUT2D eigenvalue weighted by atomic mass is 10.3. The molecule has 0 unspecified atom stereocenters. The second-order valence-corrected chi connectivity index (χ2v) is 5.92. The standard InChI is InChI=1S/C6H2BrClF2N2O4S/c7-4-2(5(9)10)1-3(12(13)14)6(11-4)17(8,15)16/h1,5H. The minimum Gasteiger partial charge on any atom is -0.258 e. The van der Waals surface area contributed by atoms with Gasteiger partial charge in [-0.2, -0.15) is 0 Å². The second-order valence-electron chi connectivity index (χ2n) is 2.69. The first kappa shape index (κ1) is 14.2. The molecule has 0 radical (unpaired) electrons. The van der Waals surface area contributed by atoms with Crippen LogP contribution in [0.1, 0.15) is 12.0 Å². The molecule has 1 rings (SSSR count). The number of rotatable bonds is 3. The fraction of sp³-hybridized carbons (Fsp3) is 0.167. The summed E-state index contributed by atoms with van der Waals surface area (Å²) in [6.07, 6.45) is -3.04. The number of nitrogens with zero attached hydrogens (tertiary/aromatic N) is 2. The lowest BCUT2D eigenvalue weighted by Gasteiger charge is -2.04. The number of halogens is 4. The quantitative estimate of drug-likeness (QED) is 0.361. The van der Waals surface area contributed by atoms with Gasteiger partial charge < -0.3 is 0 Å². The smallest absolute Gasteiger partial charge is 0.258 e. The summed E-state index contributed by atoms with van der Waals surface area (Å²) in [4.78, 5) is 12.5. The number of nitro groups is 1. The molecule has 0 bridgehead atoms. The molecular weight excluding hydrogens is 349 g/mol. The summed E-state index contributed by atoms with van der Waals surface area (Å²) < 4.78 is 46.3. The first-order chi connectivity index (χ1) is 7.64. The van der Waals surface area contributed by atoms with Crippen LogP contribution in [0.5, 0.6) is 0 Å². The third-order valence-electron chi connectivity index (χ3n) is 1.61. The van der Waals surface area contributed by atoms with Crippen LogP contribution in [0.3, 0.4) is 0 Å². The molecule has 94 valence electrons. The van der Waals surface area contributed by atoms with E-state index in [2.05, 4.69) is 20.9 Å². The van der Waals surface area contributed by atoms with Gasteiger partial charge in [0.05, 0.1) is 10.5 Å². The molecule has 1 aromatic heterocycles. The van der Waals surface area contributed by atoms with E-state index in [-0.39, 0.29) is 0 Å². The summed E-state index contributed by atoms with van der Waals surface area (Å²) in [6, 6.07) is 0.414. The van der Waals surface area contributed by atoms with Crippen molar-refractivity contribution in [2.24, 2.45) is 0 Å². The first-order valence-corrected chi connectivity index (χ1v) is 6.82. The van der Waals surface area contributed by atoms with E-state index in [0.29, 0.717) is 6.07 Å². The van der Waals surface area contributed by atoms with Crippen LogP contribution in [0.2, 0.25) is 0 Å². The van der Waals surface area contributed by atoms with E-state index in [1.54, 1.807) is 0 Å². The van der Waals surface area contributed by atoms with E-state index in [1.807, 2.05) is 0 Å². The van der Waals surface area contributed by atoms with Crippen LogP contribution < -0.4 is 0 Å². The zero-order valence-electron chi connectivity index (χ0n) is 7.60. The first-order valence-electron chi connectivity index (χ1n) is 3.72. The molecule has 0 aliphatic carbocycles. The second kappa shape index (κ2) is 4.78. The highest BCUT2D eigenvalue weighted by Gasteiger charge is 2.30. The van der Waals surface area contributed by atoms with Crippen molar-refractivity contribution >= 4 is 41.4 Å². The maximum Gasteiger partial charge on any atom is 0.308 e. The van der Waals surface area contributed by atoms with Gasteiger partial charge in [-0.1, -0.05) is 0 Å². The molecule has 0 amide bonds. The fourth-order valence-corrected chi connectivity index (χ4v) is 2.45. The molecule has 0 N–H and O–H groups in total. The predicted octanol–water partition coefficient (Wildman–Crippen LogP) is 2.62. The van der Waals surface area contributed by atoms with E-state index >= 15 is 0 Å². The third kappa shape index (κ3) is 3.07. The van der Waals surface area contributed by atoms with Gasteiger partial charge >= 0.3 is 5.69 Å². The molecule has 0 fully saturated rings. The minimum atomic E-state index is -4.50. The monoisotopic (exact) mass is 350 g/mol. The molecule has 0 saturated carbocycles. The van der Waals surface area contributed by atoms with Crippen molar-refractivity contribution in [3.05, 3.63) is 26.3 Å². The molecule has 11 heteroatoms. The maximum absolute atomic E-state index is 12.4. The Balaban J connectivity index is 3.65. The highest BCUT2D eigenvalue weighted by atomic mass is 79.9. The molecular formula is C6H2BrClF2N2O4S. The molecule has 6 nitrogen and oxygen atoms in total. The number of aromatic nitrogens is 1. The minimum absolute atomic E-state index is 0.414. The Kier molecular flexibility index (Phi) is 3.99. The van der Waals surface area contributed by atoms with Crippen molar-refractivity contribution in [3.63, 3.8) is 0 Å². The van der Waals surface area contributed by atoms with Crippen molar-refractivity contribution in [2.45, 2.75) is 11.5 Å². The Morgan fingerprint density at radius 2 is 2.06 bits per heavy atom. The van der Waals surface area contributed by atoms with Crippen LogP contribution in [-0.4, -0.2) is 18.3 Å². The number of pyridine rings is 1. The fourth-order valence-electron chi connectivity index (χ4n) is 0.943. The zero-order chi connectivity index (χ0) is 13.4. The Labute approximate surface area is 106 Å². The van der Waals surface area contributed by atoms with E-state index in [0.717, 1.165) is 0 Å². The summed E-state index contributed by atoms with van der Waals surface area (Å²) in [6.45, 7) is 0. The summed E-state index contributed by atoms with van der Waals surface area (Å²) >= 11 is 2.59. The molecule has 0 spiro atoms. The van der Waals surface area contributed by atoms with Gasteiger partial charge in [0.15, 0.2) is 0 Å². The average Bonchev–Trinajstić information content (AvgIpc) is 2.14. The number of alkyl halides is 2. The largest absolute Gasteiger partial charge is 0.308 e. The molecule has 1 heterocycles. The summed E-state index contributed by atoms with van der Waals surface area (Å²) in [5.41, 5.74) is -1.89. The highest BCUT2D eigenvalue weighted by Crippen LogP contribution is 2.33. The number of hydrogen-bond acceptors (Lipinski definition) is 5. The van der Waals surface area contributed by atoms with E-state index in [1.165, 1.54) is 0 Å². The summed E-state index contributed by atoms with van der Waals surface area (Å²) in [7, 11) is 0.410. The maximum atomic E-state index is 12.4. The molecule has 0 saturated heterocycles. The van der Waals surface area contributed by atoms with Gasteiger partial charge in [-0.25, -0.2) is 22.2 Å². The third-order valence-corrected chi connectivity index (χ3v) is 3.45. The normalized spacial score (nSPS) is 11.8. The van der Waals surface area contributed by atoms with Gasteiger partial charge in [0.2, 0.25) is 5.03 Å². The van der Waals surface area contributed by atoms with Crippen LogP contribution in [-0.2, 0) is 9.05 Å². The van der Waals surface area contributed by atoms with Gasteiger partial charge in [-0.3, -0.25) is 10.1 Å². The Morgan fingerprint density at radius 1 is 1.53 bits per heavy atom. The molecule has 0 aliphatic rings. The van der Waals surface area contributed by atoms with Crippen LogP contribution in [0.25, 0.3) is 0 Å². The molecule has 1 aromatic rings. The van der Waals surface area contributed by atoms with Crippen molar-refractivity contribution in [1.82, 2.24) is 4.98 Å². The zero-order valence-corrected chi connectivity index (χ0v) is 10.8. The Bertz CT molecular complexity index is 580. The molecule has 0 aliphatic heterocycles. The van der Waals surface area contributed by atoms with E-state index in [4.69, 9.17) is 10.7 Å². The molecule has 0 atom stereocenters. The number of hydrogen-bond donors (Lipinski definition) is 0. The van der Waals surface area contributed by atoms with Gasteiger partial charge in [0.1, 0.15) is 4.60 Å². The van der Waals surface area contributed by atoms with Crippen molar-refractivity contribution in [3.8, 4) is 0 Å². The molecule has 17 heavy (non-hydrogen) atoms. The van der Waals surface area contributed by atoms with E-state index < -0.39 is 41.3 Å². The van der Waals surface area contributed by atoms with Crippen molar-refractivity contribution in [1.29, 1.82) is 0 Å². The van der Waals surface area contributed by atoms with Crippen LogP contribution in [0.15, 0.2) is 15.7 Å². The van der Waals surface area contributed by atoms with E-state index in [9.17, 15) is 27.3 Å². The van der Waals surface area contributed by atoms with Crippen molar-refractivity contribution in [2.75, 3.05) is 0 Å². The predicted molar refractivity (Wildman–Crippen MR) is 56.6 cm³/mol. The lowest BCUT2D eigenvalue weighted by Crippen LogP contribution is -2.05. The van der Waals surface area contributed by atoms with Crippen LogP contribution >= 0.6 is 26.6 Å². The van der Waals surface area contributed by atoms with Crippen LogP contribution in [0, 0.1) is 10.1 Å². The SMILES string of the molecule is O=[N+]([O-])c1cc(C(F)F)c(Br)nc1S(=O)(=O)Cl.